The van der Waals surface area contributed by atoms with E-state index < -0.39 is 11.7 Å². The van der Waals surface area contributed by atoms with Crippen molar-refractivity contribution < 1.29 is 18.3 Å². The molecule has 1 nitrogen and oxygen atoms in total. The molecule has 0 fully saturated rings. The number of hydrogen-bond donors (Lipinski definition) is 1. The number of alkyl halides is 3. The van der Waals surface area contributed by atoms with Gasteiger partial charge in [0.25, 0.3) is 0 Å². The van der Waals surface area contributed by atoms with E-state index >= 15 is 0 Å². The Kier molecular flexibility index (Phi) is 4.12. The van der Waals surface area contributed by atoms with Gasteiger partial charge in [0.1, 0.15) is 0 Å². The molecule has 0 aliphatic heterocycles. The quantitative estimate of drug-likeness (QED) is 0.787. The van der Waals surface area contributed by atoms with Gasteiger partial charge in [0.05, 0.1) is 5.56 Å². The maximum absolute atomic E-state index is 12.6. The highest BCUT2D eigenvalue weighted by atomic mass is 19.4. The van der Waals surface area contributed by atoms with Crippen LogP contribution in [0.2, 0.25) is 0 Å². The smallest absolute Gasteiger partial charge is 0.396 e. The van der Waals surface area contributed by atoms with Crippen LogP contribution >= 0.6 is 0 Å². The topological polar surface area (TPSA) is 20.2 Å². The molecule has 1 aromatic carbocycles. The fourth-order valence-electron chi connectivity index (χ4n) is 1.47. The first-order valence-electron chi connectivity index (χ1n) is 4.87. The van der Waals surface area contributed by atoms with Gasteiger partial charge in [0.15, 0.2) is 0 Å². The Morgan fingerprint density at radius 2 is 1.88 bits per heavy atom. The highest BCUT2D eigenvalue weighted by molar-refractivity contribution is 5.32. The second kappa shape index (κ2) is 5.16. The lowest BCUT2D eigenvalue weighted by atomic mass is 9.99. The summed E-state index contributed by atoms with van der Waals surface area (Å²) in [5.74, 6) is 0. The molecular weight excluding hydrogens is 217 g/mol. The molecule has 0 bridgehead atoms. The monoisotopic (exact) mass is 230 g/mol. The third-order valence-electron chi connectivity index (χ3n) is 2.23. The van der Waals surface area contributed by atoms with Crippen LogP contribution < -0.4 is 0 Å². The average Bonchev–Trinajstić information content (AvgIpc) is 2.17. The fourth-order valence-corrected chi connectivity index (χ4v) is 1.47. The minimum absolute atomic E-state index is 0.0903. The van der Waals surface area contributed by atoms with Crippen molar-refractivity contribution in [3.05, 3.63) is 47.5 Å². The van der Waals surface area contributed by atoms with Gasteiger partial charge in [-0.1, -0.05) is 30.4 Å². The van der Waals surface area contributed by atoms with Gasteiger partial charge < -0.3 is 5.11 Å². The maximum atomic E-state index is 12.6. The predicted octanol–water partition coefficient (Wildman–Crippen LogP) is 3.19. The molecule has 0 aliphatic carbocycles. The van der Waals surface area contributed by atoms with Crippen LogP contribution in [0.5, 0.6) is 0 Å². The summed E-state index contributed by atoms with van der Waals surface area (Å²) in [5.41, 5.74) is 0.168. The lowest BCUT2D eigenvalue weighted by Crippen LogP contribution is -2.09. The first-order valence-corrected chi connectivity index (χ1v) is 4.87. The summed E-state index contributed by atoms with van der Waals surface area (Å²) < 4.78 is 37.8. The predicted molar refractivity (Wildman–Crippen MR) is 56.0 cm³/mol. The highest BCUT2D eigenvalue weighted by Crippen LogP contribution is 2.32. The van der Waals surface area contributed by atoms with Crippen molar-refractivity contribution in [3.63, 3.8) is 0 Å². The van der Waals surface area contributed by atoms with Gasteiger partial charge in [-0.25, -0.2) is 0 Å². The van der Waals surface area contributed by atoms with Gasteiger partial charge in [-0.15, -0.1) is 0 Å². The van der Waals surface area contributed by atoms with Crippen LogP contribution in [0.15, 0.2) is 36.4 Å². The highest BCUT2D eigenvalue weighted by Gasteiger charge is 2.32. The van der Waals surface area contributed by atoms with Crippen LogP contribution in [-0.2, 0) is 12.6 Å². The normalized spacial score (nSPS) is 11.5. The zero-order valence-corrected chi connectivity index (χ0v) is 8.72. The second-order valence-corrected chi connectivity index (χ2v) is 3.56. The maximum Gasteiger partial charge on any atom is 0.416 e. The summed E-state index contributed by atoms with van der Waals surface area (Å²) in [5, 5.41) is 8.66. The SMILES string of the molecule is C=C(CCO)Cc1ccccc1C(F)(F)F. The van der Waals surface area contributed by atoms with Gasteiger partial charge in [-0.2, -0.15) is 13.2 Å². The summed E-state index contributed by atoms with van der Waals surface area (Å²) in [6, 6.07) is 5.42. The van der Waals surface area contributed by atoms with E-state index in [0.29, 0.717) is 12.0 Å². The van der Waals surface area contributed by atoms with Crippen LogP contribution in [0, 0.1) is 0 Å². The van der Waals surface area contributed by atoms with E-state index in [1.165, 1.54) is 12.1 Å². The Labute approximate surface area is 92.2 Å². The average molecular weight is 230 g/mol. The largest absolute Gasteiger partial charge is 0.416 e. The van der Waals surface area contributed by atoms with Crippen LogP contribution in [0.1, 0.15) is 17.5 Å². The van der Waals surface area contributed by atoms with E-state index in [4.69, 9.17) is 5.11 Å². The third-order valence-corrected chi connectivity index (χ3v) is 2.23. The molecule has 1 rings (SSSR count). The van der Waals surface area contributed by atoms with Gasteiger partial charge in [-0.3, -0.25) is 0 Å². The van der Waals surface area contributed by atoms with Crippen molar-refractivity contribution in [2.45, 2.75) is 19.0 Å². The van der Waals surface area contributed by atoms with E-state index in [1.807, 2.05) is 0 Å². The molecule has 1 N–H and O–H groups in total. The molecule has 0 amide bonds. The summed E-state index contributed by atoms with van der Waals surface area (Å²) in [6.45, 7) is 3.55. The minimum atomic E-state index is -4.34. The second-order valence-electron chi connectivity index (χ2n) is 3.56. The molecule has 0 radical (unpaired) electrons. The molecule has 0 aliphatic rings. The summed E-state index contributed by atoms with van der Waals surface area (Å²) >= 11 is 0. The molecule has 0 saturated heterocycles. The molecule has 0 saturated carbocycles. The Balaban J connectivity index is 2.92. The Hall–Kier alpha value is -1.29. The lowest BCUT2D eigenvalue weighted by molar-refractivity contribution is -0.138. The van der Waals surface area contributed by atoms with Crippen molar-refractivity contribution in [2.24, 2.45) is 0 Å². The van der Waals surface area contributed by atoms with E-state index in [0.717, 1.165) is 6.07 Å². The van der Waals surface area contributed by atoms with Crippen molar-refractivity contribution in [2.75, 3.05) is 6.61 Å². The summed E-state index contributed by atoms with van der Waals surface area (Å²) in [6.07, 6.45) is -3.86. The molecule has 88 valence electrons. The Morgan fingerprint density at radius 3 is 2.44 bits per heavy atom. The molecule has 0 atom stereocenters. The molecule has 0 unspecified atom stereocenters. The van der Waals surface area contributed by atoms with E-state index in [2.05, 4.69) is 6.58 Å². The standard InChI is InChI=1S/C12H13F3O/c1-9(6-7-16)8-10-4-2-3-5-11(10)12(13,14)15/h2-5,16H,1,6-8H2. The van der Waals surface area contributed by atoms with Crippen molar-refractivity contribution in [1.29, 1.82) is 0 Å². The number of rotatable bonds is 4. The number of benzene rings is 1. The number of aliphatic hydroxyl groups excluding tert-OH is 1. The molecular formula is C12H13F3O. The van der Waals surface area contributed by atoms with E-state index in [-0.39, 0.29) is 18.6 Å². The molecule has 16 heavy (non-hydrogen) atoms. The van der Waals surface area contributed by atoms with Gasteiger partial charge in [0, 0.05) is 6.61 Å². The minimum Gasteiger partial charge on any atom is -0.396 e. The third kappa shape index (κ3) is 3.38. The van der Waals surface area contributed by atoms with Crippen molar-refractivity contribution >= 4 is 0 Å². The van der Waals surface area contributed by atoms with Crippen LogP contribution in [-0.4, -0.2) is 11.7 Å². The molecule has 0 heterocycles. The van der Waals surface area contributed by atoms with Crippen molar-refractivity contribution in [3.8, 4) is 0 Å². The molecule has 1 aromatic rings. The van der Waals surface area contributed by atoms with Gasteiger partial charge >= 0.3 is 6.18 Å². The zero-order chi connectivity index (χ0) is 12.2. The van der Waals surface area contributed by atoms with Gasteiger partial charge in [-0.05, 0) is 24.5 Å². The van der Waals surface area contributed by atoms with Gasteiger partial charge in [0.2, 0.25) is 0 Å². The lowest BCUT2D eigenvalue weighted by Gasteiger charge is -2.13. The van der Waals surface area contributed by atoms with E-state index in [1.54, 1.807) is 6.07 Å². The summed E-state index contributed by atoms with van der Waals surface area (Å²) in [7, 11) is 0. The van der Waals surface area contributed by atoms with E-state index in [9.17, 15) is 13.2 Å². The first kappa shape index (κ1) is 12.8. The molecule has 4 heteroatoms. The number of halogens is 3. The molecule has 0 aromatic heterocycles. The first-order chi connectivity index (χ1) is 7.45. The molecule has 0 spiro atoms. The Morgan fingerprint density at radius 1 is 1.25 bits per heavy atom. The van der Waals surface area contributed by atoms with Crippen LogP contribution in [0.25, 0.3) is 0 Å². The number of hydrogen-bond acceptors (Lipinski definition) is 1. The zero-order valence-electron chi connectivity index (χ0n) is 8.72. The van der Waals surface area contributed by atoms with Crippen LogP contribution in [0.4, 0.5) is 13.2 Å². The Bertz CT molecular complexity index is 369. The summed E-state index contributed by atoms with van der Waals surface area (Å²) in [4.78, 5) is 0. The van der Waals surface area contributed by atoms with Crippen molar-refractivity contribution in [1.82, 2.24) is 0 Å². The van der Waals surface area contributed by atoms with Crippen LogP contribution in [0.3, 0.4) is 0 Å². The fraction of sp³-hybridized carbons (Fsp3) is 0.333. The number of aliphatic hydroxyl groups is 1.